The Morgan fingerprint density at radius 1 is 1.17 bits per heavy atom. The van der Waals surface area contributed by atoms with Gasteiger partial charge in [0, 0.05) is 10.2 Å². The van der Waals surface area contributed by atoms with Gasteiger partial charge < -0.3 is 15.2 Å². The summed E-state index contributed by atoms with van der Waals surface area (Å²) in [6, 6.07) is 14.0. The summed E-state index contributed by atoms with van der Waals surface area (Å²) in [5.41, 5.74) is 8.30. The monoisotopic (exact) mass is 408 g/mol. The molecule has 2 aromatic carbocycles. The van der Waals surface area contributed by atoms with Gasteiger partial charge in [0.2, 0.25) is 0 Å². The zero-order chi connectivity index (χ0) is 17.5. The van der Waals surface area contributed by atoms with Crippen molar-refractivity contribution in [2.45, 2.75) is 18.7 Å². The maximum atomic E-state index is 6.08. The van der Waals surface area contributed by atoms with E-state index in [1.807, 2.05) is 37.3 Å². The van der Waals surface area contributed by atoms with Gasteiger partial charge in [-0.05, 0) is 30.2 Å². The number of methoxy groups -OCH3 is 2. The zero-order valence-electron chi connectivity index (χ0n) is 14.0. The Labute approximate surface area is 155 Å². The molecule has 0 unspecified atom stereocenters. The van der Waals surface area contributed by atoms with Crippen molar-refractivity contribution in [3.05, 3.63) is 58.1 Å². The third-order valence-corrected chi connectivity index (χ3v) is 5.13. The fourth-order valence-corrected chi connectivity index (χ4v) is 3.62. The van der Waals surface area contributed by atoms with Crippen LogP contribution in [0.3, 0.4) is 0 Å². The van der Waals surface area contributed by atoms with Gasteiger partial charge in [0.05, 0.1) is 20.3 Å². The van der Waals surface area contributed by atoms with E-state index in [-0.39, 0.29) is 6.04 Å². The Kier molecular flexibility index (Phi) is 6.99. The van der Waals surface area contributed by atoms with Crippen LogP contribution in [-0.2, 0) is 5.75 Å². The van der Waals surface area contributed by atoms with Crippen LogP contribution in [0.2, 0.25) is 0 Å². The molecule has 0 aliphatic carbocycles. The molecule has 0 aliphatic rings. The molecule has 0 radical (unpaired) electrons. The molecule has 0 saturated heterocycles. The maximum Gasteiger partial charge on any atom is 0.161 e. The summed E-state index contributed by atoms with van der Waals surface area (Å²) in [6.45, 7) is 2.04. The normalized spacial score (nSPS) is 12.8. The summed E-state index contributed by atoms with van der Waals surface area (Å²) < 4.78 is 11.6. The second-order valence-corrected chi connectivity index (χ2v) is 6.99. The van der Waals surface area contributed by atoms with Crippen molar-refractivity contribution in [2.75, 3.05) is 14.2 Å². The molecule has 128 valence electrons. The van der Waals surface area contributed by atoms with Crippen LogP contribution in [0, 0.1) is 0 Å². The summed E-state index contributed by atoms with van der Waals surface area (Å²) in [5, 5.41) is 0.563. The molecule has 0 spiro atoms. The molecule has 6 heteroatoms. The van der Waals surface area contributed by atoms with E-state index in [9.17, 15) is 0 Å². The number of ether oxygens (including phenoxy) is 2. The van der Waals surface area contributed by atoms with Crippen molar-refractivity contribution in [2.24, 2.45) is 10.7 Å². The minimum Gasteiger partial charge on any atom is -0.493 e. The minimum atomic E-state index is 0.0348. The Balaban J connectivity index is 2.06. The van der Waals surface area contributed by atoms with E-state index < -0.39 is 0 Å². The SMILES string of the molecule is COc1cc(Br)c(CSC(N)=N[C@@H](C)c2ccccc2)cc1OC. The number of hydrogen-bond donors (Lipinski definition) is 1. The molecular weight excluding hydrogens is 388 g/mol. The lowest BCUT2D eigenvalue weighted by Crippen LogP contribution is -2.09. The first-order valence-corrected chi connectivity index (χ1v) is 9.24. The molecule has 0 amide bonds. The molecule has 0 aromatic heterocycles. The van der Waals surface area contributed by atoms with Gasteiger partial charge in [-0.25, -0.2) is 0 Å². The molecule has 0 bridgehead atoms. The van der Waals surface area contributed by atoms with Crippen molar-refractivity contribution in [1.29, 1.82) is 0 Å². The number of nitrogens with zero attached hydrogens (tertiary/aromatic N) is 1. The van der Waals surface area contributed by atoms with E-state index in [0.29, 0.717) is 22.4 Å². The first-order chi connectivity index (χ1) is 11.5. The van der Waals surface area contributed by atoms with Gasteiger partial charge in [0.15, 0.2) is 16.7 Å². The summed E-state index contributed by atoms with van der Waals surface area (Å²) in [7, 11) is 3.24. The van der Waals surface area contributed by atoms with Gasteiger partial charge in [-0.1, -0.05) is 58.0 Å². The van der Waals surface area contributed by atoms with Crippen LogP contribution < -0.4 is 15.2 Å². The highest BCUT2D eigenvalue weighted by Crippen LogP contribution is 2.35. The Hall–Kier alpha value is -1.66. The van der Waals surface area contributed by atoms with Gasteiger partial charge in [-0.15, -0.1) is 0 Å². The molecule has 0 aliphatic heterocycles. The van der Waals surface area contributed by atoms with Crippen LogP contribution in [0.5, 0.6) is 11.5 Å². The fraction of sp³-hybridized carbons (Fsp3) is 0.278. The molecule has 0 fully saturated rings. The number of halogens is 1. The average molecular weight is 409 g/mol. The Morgan fingerprint density at radius 2 is 1.79 bits per heavy atom. The van der Waals surface area contributed by atoms with Crippen molar-refractivity contribution < 1.29 is 9.47 Å². The van der Waals surface area contributed by atoms with E-state index in [4.69, 9.17) is 15.2 Å². The lowest BCUT2D eigenvalue weighted by molar-refractivity contribution is 0.354. The number of nitrogens with two attached hydrogens (primary N) is 1. The Bertz CT molecular complexity index is 708. The Morgan fingerprint density at radius 3 is 2.42 bits per heavy atom. The quantitative estimate of drug-likeness (QED) is 0.551. The topological polar surface area (TPSA) is 56.8 Å². The van der Waals surface area contributed by atoms with E-state index in [2.05, 4.69) is 33.1 Å². The molecule has 24 heavy (non-hydrogen) atoms. The zero-order valence-corrected chi connectivity index (χ0v) is 16.4. The lowest BCUT2D eigenvalue weighted by Gasteiger charge is -2.12. The predicted octanol–water partition coefficient (Wildman–Crippen LogP) is 4.78. The summed E-state index contributed by atoms with van der Waals surface area (Å²) in [5.74, 6) is 2.08. The summed E-state index contributed by atoms with van der Waals surface area (Å²) in [4.78, 5) is 4.55. The first kappa shape index (κ1) is 18.7. The lowest BCUT2D eigenvalue weighted by atomic mass is 10.1. The fourth-order valence-electron chi connectivity index (χ4n) is 2.19. The van der Waals surface area contributed by atoms with Crippen LogP contribution in [0.1, 0.15) is 24.1 Å². The van der Waals surface area contributed by atoms with Crippen LogP contribution in [0.25, 0.3) is 0 Å². The number of aliphatic imine (C=N–C) groups is 1. The number of benzene rings is 2. The van der Waals surface area contributed by atoms with Crippen molar-refractivity contribution in [1.82, 2.24) is 0 Å². The smallest absolute Gasteiger partial charge is 0.161 e. The van der Waals surface area contributed by atoms with Crippen LogP contribution in [0.15, 0.2) is 51.9 Å². The van der Waals surface area contributed by atoms with E-state index in [1.54, 1.807) is 14.2 Å². The standard InChI is InChI=1S/C18H21BrN2O2S/c1-12(13-7-5-4-6-8-13)21-18(20)24-11-14-9-16(22-2)17(23-3)10-15(14)19/h4-10,12H,11H2,1-3H3,(H2,20,21)/t12-/m0/s1. The highest BCUT2D eigenvalue weighted by Gasteiger charge is 2.11. The van der Waals surface area contributed by atoms with E-state index in [1.165, 1.54) is 11.8 Å². The van der Waals surface area contributed by atoms with E-state index >= 15 is 0 Å². The van der Waals surface area contributed by atoms with Crippen LogP contribution >= 0.6 is 27.7 Å². The minimum absolute atomic E-state index is 0.0348. The number of thioether (sulfide) groups is 1. The second kappa shape index (κ2) is 8.99. The molecule has 0 heterocycles. The highest BCUT2D eigenvalue weighted by molar-refractivity contribution is 9.10. The van der Waals surface area contributed by atoms with Gasteiger partial charge in [0.1, 0.15) is 0 Å². The molecule has 2 N–H and O–H groups in total. The second-order valence-electron chi connectivity index (χ2n) is 5.14. The highest BCUT2D eigenvalue weighted by atomic mass is 79.9. The first-order valence-electron chi connectivity index (χ1n) is 7.46. The molecule has 4 nitrogen and oxygen atoms in total. The van der Waals surface area contributed by atoms with Crippen LogP contribution in [-0.4, -0.2) is 19.4 Å². The molecule has 2 rings (SSSR count). The number of rotatable bonds is 6. The summed E-state index contributed by atoms with van der Waals surface area (Å²) >= 11 is 5.06. The number of hydrogen-bond acceptors (Lipinski definition) is 4. The van der Waals surface area contributed by atoms with Crippen molar-refractivity contribution in [3.63, 3.8) is 0 Å². The predicted molar refractivity (Wildman–Crippen MR) is 105 cm³/mol. The largest absolute Gasteiger partial charge is 0.493 e. The molecular formula is C18H21BrN2O2S. The maximum absolute atomic E-state index is 6.08. The third-order valence-electron chi connectivity index (χ3n) is 3.53. The van der Waals surface area contributed by atoms with Gasteiger partial charge in [-0.2, -0.15) is 0 Å². The van der Waals surface area contributed by atoms with E-state index in [0.717, 1.165) is 15.6 Å². The van der Waals surface area contributed by atoms with Gasteiger partial charge in [0.25, 0.3) is 0 Å². The van der Waals surface area contributed by atoms with Gasteiger partial charge >= 0.3 is 0 Å². The van der Waals surface area contributed by atoms with Crippen molar-refractivity contribution >= 4 is 32.9 Å². The summed E-state index contributed by atoms with van der Waals surface area (Å²) in [6.07, 6.45) is 0. The molecule has 0 saturated carbocycles. The van der Waals surface area contributed by atoms with Crippen molar-refractivity contribution in [3.8, 4) is 11.5 Å². The average Bonchev–Trinajstić information content (AvgIpc) is 2.61. The number of amidine groups is 1. The molecule has 1 atom stereocenters. The molecule has 2 aromatic rings. The third kappa shape index (κ3) is 4.92. The van der Waals surface area contributed by atoms with Gasteiger partial charge in [-0.3, -0.25) is 4.99 Å². The van der Waals surface area contributed by atoms with Crippen LogP contribution in [0.4, 0.5) is 0 Å².